The minimum absolute atomic E-state index is 0.0423. The summed E-state index contributed by atoms with van der Waals surface area (Å²) < 4.78 is 29.3. The number of benzene rings is 2. The second kappa shape index (κ2) is 10.9. The van der Waals surface area contributed by atoms with Crippen molar-refractivity contribution < 1.29 is 13.6 Å². The molecule has 6 nitrogen and oxygen atoms in total. The normalized spacial score (nSPS) is 17.2. The van der Waals surface area contributed by atoms with Gasteiger partial charge in [0.25, 0.3) is 0 Å². The quantitative estimate of drug-likeness (QED) is 0.276. The number of hydrogen-bond donors (Lipinski definition) is 2. The summed E-state index contributed by atoms with van der Waals surface area (Å²) >= 11 is 4.78. The molecule has 2 heterocycles. The molecule has 0 amide bonds. The number of thiocarbonyl (C=S) groups is 1. The van der Waals surface area contributed by atoms with E-state index in [-0.39, 0.29) is 28.2 Å². The van der Waals surface area contributed by atoms with Crippen LogP contribution in [0.1, 0.15) is 48.0 Å². The number of rotatable bonds is 6. The number of anilines is 2. The summed E-state index contributed by atoms with van der Waals surface area (Å²) in [6, 6.07) is 9.45. The van der Waals surface area contributed by atoms with Crippen LogP contribution in [0, 0.1) is 17.6 Å². The number of carbonyl (C=O) groups is 1. The first-order valence-corrected chi connectivity index (χ1v) is 12.1. The van der Waals surface area contributed by atoms with Gasteiger partial charge in [-0.2, -0.15) is 5.10 Å². The predicted molar refractivity (Wildman–Crippen MR) is 136 cm³/mol. The van der Waals surface area contributed by atoms with Crippen LogP contribution >= 0.6 is 12.2 Å². The smallest absolute Gasteiger partial charge is 0.184 e. The van der Waals surface area contributed by atoms with E-state index in [4.69, 9.17) is 18.0 Å². The number of hydrazone groups is 1. The lowest BCUT2D eigenvalue weighted by Gasteiger charge is -2.35. The van der Waals surface area contributed by atoms with Crippen molar-refractivity contribution in [2.75, 3.05) is 36.0 Å². The third-order valence-electron chi connectivity index (χ3n) is 6.52. The lowest BCUT2D eigenvalue weighted by molar-refractivity contribution is 0.0896. The van der Waals surface area contributed by atoms with Crippen LogP contribution in [0.25, 0.3) is 0 Å². The van der Waals surface area contributed by atoms with E-state index in [1.807, 2.05) is 11.0 Å². The highest BCUT2D eigenvalue weighted by molar-refractivity contribution is 7.80. The van der Waals surface area contributed by atoms with Crippen LogP contribution in [-0.2, 0) is 0 Å². The summed E-state index contributed by atoms with van der Waals surface area (Å²) in [4.78, 5) is 17.0. The van der Waals surface area contributed by atoms with Crippen molar-refractivity contribution in [3.05, 3.63) is 59.2 Å². The summed E-state index contributed by atoms with van der Waals surface area (Å²) in [6.45, 7) is 2.84. The molecule has 0 unspecified atom stereocenters. The summed E-state index contributed by atoms with van der Waals surface area (Å²) in [5.41, 5.74) is 10.2. The standard InChI is InChI=1S/C25H29F2N5OS/c26-20-7-3-2-6-19(20)24(33)17-8-12-32(13-9-17)23-15-22(31-10-4-1-5-11-31)18(14-21(23)27)16-29-30-25(28)34/h2-3,6-7,14-17H,1,4-5,8-13H2,(H3,28,30,34). The van der Waals surface area contributed by atoms with Gasteiger partial charge in [-0.05, 0) is 68.6 Å². The molecule has 2 aliphatic heterocycles. The van der Waals surface area contributed by atoms with Crippen LogP contribution in [0.3, 0.4) is 0 Å². The van der Waals surface area contributed by atoms with E-state index in [1.165, 1.54) is 30.8 Å². The van der Waals surface area contributed by atoms with E-state index in [0.717, 1.165) is 31.6 Å². The van der Waals surface area contributed by atoms with Gasteiger partial charge in [-0.15, -0.1) is 0 Å². The van der Waals surface area contributed by atoms with Crippen molar-refractivity contribution in [2.45, 2.75) is 32.1 Å². The molecule has 180 valence electrons. The molecular formula is C25H29F2N5OS. The molecule has 4 rings (SSSR count). The SMILES string of the molecule is NC(=S)NN=Cc1cc(F)c(N2CCC(C(=O)c3ccccc3F)CC2)cc1N1CCCCC1. The van der Waals surface area contributed by atoms with E-state index in [2.05, 4.69) is 15.4 Å². The van der Waals surface area contributed by atoms with Crippen molar-refractivity contribution in [1.82, 2.24) is 5.43 Å². The number of nitrogens with two attached hydrogens (primary N) is 1. The Labute approximate surface area is 203 Å². The zero-order chi connectivity index (χ0) is 24.1. The first kappa shape index (κ1) is 24.1. The van der Waals surface area contributed by atoms with Gasteiger partial charge in [-0.1, -0.05) is 12.1 Å². The minimum atomic E-state index is -0.491. The fraction of sp³-hybridized carbons (Fsp3) is 0.400. The summed E-state index contributed by atoms with van der Waals surface area (Å²) in [7, 11) is 0. The Morgan fingerprint density at radius 1 is 1.00 bits per heavy atom. The fourth-order valence-corrected chi connectivity index (χ4v) is 4.80. The summed E-state index contributed by atoms with van der Waals surface area (Å²) in [5.74, 6) is -1.29. The number of halogens is 2. The maximum Gasteiger partial charge on any atom is 0.184 e. The zero-order valence-electron chi connectivity index (χ0n) is 19.0. The molecule has 34 heavy (non-hydrogen) atoms. The summed E-state index contributed by atoms with van der Waals surface area (Å²) in [6.07, 6.45) is 5.98. The number of carbonyl (C=O) groups excluding carboxylic acids is 1. The first-order chi connectivity index (χ1) is 16.4. The maximum atomic E-state index is 15.2. The lowest BCUT2D eigenvalue weighted by atomic mass is 9.88. The van der Waals surface area contributed by atoms with E-state index in [9.17, 15) is 9.18 Å². The van der Waals surface area contributed by atoms with E-state index in [0.29, 0.717) is 37.2 Å². The Balaban J connectivity index is 1.53. The monoisotopic (exact) mass is 485 g/mol. The molecule has 2 aromatic carbocycles. The topological polar surface area (TPSA) is 74.0 Å². The zero-order valence-corrected chi connectivity index (χ0v) is 19.8. The van der Waals surface area contributed by atoms with E-state index in [1.54, 1.807) is 12.1 Å². The van der Waals surface area contributed by atoms with Crippen molar-refractivity contribution in [2.24, 2.45) is 16.8 Å². The molecule has 2 fully saturated rings. The van der Waals surface area contributed by atoms with Crippen molar-refractivity contribution in [3.63, 3.8) is 0 Å². The van der Waals surface area contributed by atoms with Crippen LogP contribution in [0.5, 0.6) is 0 Å². The van der Waals surface area contributed by atoms with Crippen molar-refractivity contribution in [1.29, 1.82) is 0 Å². The van der Waals surface area contributed by atoms with Gasteiger partial charge in [-0.25, -0.2) is 8.78 Å². The molecule has 2 saturated heterocycles. The highest BCUT2D eigenvalue weighted by atomic mass is 32.1. The van der Waals surface area contributed by atoms with Gasteiger partial charge in [0.05, 0.1) is 17.5 Å². The molecule has 0 aliphatic carbocycles. The van der Waals surface area contributed by atoms with Gasteiger partial charge in [0, 0.05) is 43.3 Å². The molecule has 0 bridgehead atoms. The first-order valence-electron chi connectivity index (χ1n) is 11.6. The van der Waals surface area contributed by atoms with Gasteiger partial charge in [0.15, 0.2) is 10.9 Å². The molecule has 0 radical (unpaired) electrons. The Bertz CT molecular complexity index is 1080. The van der Waals surface area contributed by atoms with Crippen LogP contribution in [0.4, 0.5) is 20.2 Å². The average Bonchev–Trinajstić information content (AvgIpc) is 2.84. The van der Waals surface area contributed by atoms with Crippen LogP contribution in [0.15, 0.2) is 41.5 Å². The Kier molecular flexibility index (Phi) is 7.72. The van der Waals surface area contributed by atoms with Gasteiger partial charge < -0.3 is 15.5 Å². The average molecular weight is 486 g/mol. The van der Waals surface area contributed by atoms with Gasteiger partial charge in [-0.3, -0.25) is 10.2 Å². The number of piperidine rings is 2. The maximum absolute atomic E-state index is 15.2. The number of nitrogens with zero attached hydrogens (tertiary/aromatic N) is 3. The lowest BCUT2D eigenvalue weighted by Crippen LogP contribution is -2.37. The van der Waals surface area contributed by atoms with Crippen molar-refractivity contribution in [3.8, 4) is 0 Å². The minimum Gasteiger partial charge on any atom is -0.375 e. The highest BCUT2D eigenvalue weighted by Gasteiger charge is 2.29. The second-order valence-corrected chi connectivity index (χ2v) is 9.19. The Morgan fingerprint density at radius 3 is 2.35 bits per heavy atom. The van der Waals surface area contributed by atoms with Crippen LogP contribution in [-0.4, -0.2) is 43.3 Å². The van der Waals surface area contributed by atoms with E-state index < -0.39 is 5.82 Å². The molecule has 0 spiro atoms. The van der Waals surface area contributed by atoms with E-state index >= 15 is 4.39 Å². The van der Waals surface area contributed by atoms with Crippen LogP contribution < -0.4 is 21.0 Å². The third-order valence-corrected chi connectivity index (χ3v) is 6.61. The Morgan fingerprint density at radius 2 is 1.68 bits per heavy atom. The molecule has 3 N–H and O–H groups in total. The highest BCUT2D eigenvalue weighted by Crippen LogP contribution is 2.34. The number of ketones is 1. The number of hydrogen-bond acceptors (Lipinski definition) is 5. The third kappa shape index (κ3) is 5.52. The second-order valence-electron chi connectivity index (χ2n) is 8.75. The molecule has 0 aromatic heterocycles. The van der Waals surface area contributed by atoms with Crippen LogP contribution in [0.2, 0.25) is 0 Å². The molecule has 2 aliphatic rings. The number of Topliss-reactive ketones (excluding diaryl/α,β-unsaturated/α-hetero) is 1. The largest absolute Gasteiger partial charge is 0.375 e. The Hall–Kier alpha value is -3.07. The summed E-state index contributed by atoms with van der Waals surface area (Å²) in [5, 5.41) is 4.07. The molecular weight excluding hydrogens is 456 g/mol. The molecule has 2 aromatic rings. The molecule has 0 atom stereocenters. The van der Waals surface area contributed by atoms with Gasteiger partial charge >= 0.3 is 0 Å². The van der Waals surface area contributed by atoms with Gasteiger partial charge in [0.1, 0.15) is 11.6 Å². The molecule has 0 saturated carbocycles. The van der Waals surface area contributed by atoms with Gasteiger partial charge in [0.2, 0.25) is 0 Å². The number of nitrogens with one attached hydrogen (secondary N) is 1. The fourth-order valence-electron chi connectivity index (χ4n) is 4.75. The molecule has 9 heteroatoms. The predicted octanol–water partition coefficient (Wildman–Crippen LogP) is 4.22. The van der Waals surface area contributed by atoms with Crippen molar-refractivity contribution >= 4 is 40.7 Å².